The van der Waals surface area contributed by atoms with Crippen LogP contribution in [0.25, 0.3) is 11.3 Å². The Balaban J connectivity index is 1.30. The summed E-state index contributed by atoms with van der Waals surface area (Å²) in [7, 11) is 0. The van der Waals surface area contributed by atoms with Gasteiger partial charge < -0.3 is 25.0 Å². The lowest BCUT2D eigenvalue weighted by Crippen LogP contribution is -2.24. The van der Waals surface area contributed by atoms with Gasteiger partial charge in [0.05, 0.1) is 29.7 Å². The first-order valence-corrected chi connectivity index (χ1v) is 12.6. The van der Waals surface area contributed by atoms with Gasteiger partial charge >= 0.3 is 0 Å². The second-order valence-electron chi connectivity index (χ2n) is 8.45. The topological polar surface area (TPSA) is 114 Å². The maximum Gasteiger partial charge on any atom is 0.256 e. The van der Waals surface area contributed by atoms with Crippen molar-refractivity contribution in [1.29, 1.82) is 0 Å². The summed E-state index contributed by atoms with van der Waals surface area (Å²) in [5.74, 6) is 0.175. The Labute approximate surface area is 232 Å². The van der Waals surface area contributed by atoms with E-state index >= 15 is 0 Å². The zero-order valence-corrected chi connectivity index (χ0v) is 21.8. The molecule has 11 heteroatoms. The van der Waals surface area contributed by atoms with Crippen molar-refractivity contribution in [3.8, 4) is 28.5 Å². The van der Waals surface area contributed by atoms with E-state index in [4.69, 9.17) is 44.3 Å². The molecule has 0 saturated carbocycles. The summed E-state index contributed by atoms with van der Waals surface area (Å²) in [6.07, 6.45) is 1.90. The van der Waals surface area contributed by atoms with E-state index in [9.17, 15) is 15.0 Å². The molecule has 8 nitrogen and oxygen atoms in total. The number of aliphatic hydroxyl groups is 2. The maximum atomic E-state index is 12.8. The molecule has 1 amide bonds. The monoisotopic (exact) mass is 571 g/mol. The third kappa shape index (κ3) is 5.55. The highest BCUT2D eigenvalue weighted by atomic mass is 35.5. The van der Waals surface area contributed by atoms with Gasteiger partial charge in [0.15, 0.2) is 17.9 Å². The summed E-state index contributed by atoms with van der Waals surface area (Å²) >= 11 is 18.9. The number of rotatable bonds is 6. The molecule has 0 saturated heterocycles. The van der Waals surface area contributed by atoms with Gasteiger partial charge in [0.1, 0.15) is 16.5 Å². The van der Waals surface area contributed by atoms with Gasteiger partial charge in [-0.2, -0.15) is 0 Å². The third-order valence-corrected chi connectivity index (χ3v) is 6.82. The van der Waals surface area contributed by atoms with Crippen LogP contribution in [0.3, 0.4) is 0 Å². The predicted octanol–water partition coefficient (Wildman–Crippen LogP) is 6.33. The first-order chi connectivity index (χ1) is 18.3. The van der Waals surface area contributed by atoms with Crippen LogP contribution in [0.4, 0.5) is 5.82 Å². The van der Waals surface area contributed by atoms with E-state index in [1.54, 1.807) is 48.7 Å². The van der Waals surface area contributed by atoms with Crippen molar-refractivity contribution in [3.63, 3.8) is 0 Å². The Bertz CT molecular complexity index is 1480. The Morgan fingerprint density at radius 3 is 2.50 bits per heavy atom. The van der Waals surface area contributed by atoms with Gasteiger partial charge in [0.25, 0.3) is 5.91 Å². The smallest absolute Gasteiger partial charge is 0.256 e. The number of ether oxygens (including phenoxy) is 2. The summed E-state index contributed by atoms with van der Waals surface area (Å²) in [6, 6.07) is 15.0. The minimum absolute atomic E-state index is 0.124. The number of carbonyl (C=O) groups is 1. The van der Waals surface area contributed by atoms with Crippen LogP contribution in [-0.2, 0) is 0 Å². The van der Waals surface area contributed by atoms with Crippen molar-refractivity contribution in [3.05, 3.63) is 93.2 Å². The van der Waals surface area contributed by atoms with Crippen molar-refractivity contribution >= 4 is 46.5 Å². The fourth-order valence-corrected chi connectivity index (χ4v) is 4.77. The van der Waals surface area contributed by atoms with Crippen LogP contribution in [0.15, 0.2) is 67.0 Å². The fourth-order valence-electron chi connectivity index (χ4n) is 4.04. The molecule has 0 aliphatic carbocycles. The van der Waals surface area contributed by atoms with Crippen molar-refractivity contribution in [1.82, 2.24) is 9.97 Å². The number of nitrogens with one attached hydrogen (secondary N) is 1. The molecule has 4 aromatic rings. The highest BCUT2D eigenvalue weighted by Crippen LogP contribution is 2.49. The SMILES string of the molecule is O=C(Nc1cncc(-c2ccc(Cl)cc2)n1)c1ccc(Oc2c(Cl)cc3c(c2Cl)OCCC3C(O)O)cc1. The number of hydrogen-bond donors (Lipinski definition) is 3. The molecule has 3 N–H and O–H groups in total. The zero-order chi connectivity index (χ0) is 26.8. The number of aliphatic hydroxyl groups excluding tert-OH is 1. The molecular weight excluding hydrogens is 553 g/mol. The van der Waals surface area contributed by atoms with E-state index in [-0.39, 0.29) is 28.3 Å². The Morgan fingerprint density at radius 2 is 1.79 bits per heavy atom. The third-order valence-electron chi connectivity index (χ3n) is 5.95. The molecule has 5 rings (SSSR count). The number of halogens is 3. The lowest BCUT2D eigenvalue weighted by Gasteiger charge is -2.28. The number of hydrogen-bond acceptors (Lipinski definition) is 7. The number of fused-ring (bicyclic) bond motifs is 1. The first-order valence-electron chi connectivity index (χ1n) is 11.5. The lowest BCUT2D eigenvalue weighted by atomic mass is 9.92. The number of aromatic nitrogens is 2. The summed E-state index contributed by atoms with van der Waals surface area (Å²) in [4.78, 5) is 21.4. The highest BCUT2D eigenvalue weighted by Gasteiger charge is 2.31. The van der Waals surface area contributed by atoms with Crippen molar-refractivity contribution in [2.75, 3.05) is 11.9 Å². The Morgan fingerprint density at radius 1 is 1.05 bits per heavy atom. The molecule has 1 aromatic heterocycles. The van der Waals surface area contributed by atoms with Crippen LogP contribution >= 0.6 is 34.8 Å². The molecule has 1 aliphatic rings. The average Bonchev–Trinajstić information content (AvgIpc) is 2.91. The van der Waals surface area contributed by atoms with Gasteiger partial charge in [-0.3, -0.25) is 9.78 Å². The van der Waals surface area contributed by atoms with E-state index in [0.29, 0.717) is 45.6 Å². The fraction of sp³-hybridized carbons (Fsp3) is 0.148. The largest absolute Gasteiger partial charge is 0.492 e. The van der Waals surface area contributed by atoms with E-state index in [1.807, 2.05) is 12.1 Å². The predicted molar refractivity (Wildman–Crippen MR) is 144 cm³/mol. The molecule has 0 spiro atoms. The minimum atomic E-state index is -1.57. The zero-order valence-electron chi connectivity index (χ0n) is 19.6. The number of carbonyl (C=O) groups excluding carboxylic acids is 1. The summed E-state index contributed by atoms with van der Waals surface area (Å²) in [6.45, 7) is 0.271. The maximum absolute atomic E-state index is 12.8. The number of benzene rings is 3. The quantitative estimate of drug-likeness (QED) is 0.232. The van der Waals surface area contributed by atoms with Crippen molar-refractivity contribution < 1.29 is 24.5 Å². The van der Waals surface area contributed by atoms with Crippen LogP contribution in [0.5, 0.6) is 17.2 Å². The molecule has 2 heterocycles. The molecule has 194 valence electrons. The molecule has 0 bridgehead atoms. The summed E-state index contributed by atoms with van der Waals surface area (Å²) < 4.78 is 11.5. The van der Waals surface area contributed by atoms with Crippen molar-refractivity contribution in [2.45, 2.75) is 18.6 Å². The van der Waals surface area contributed by atoms with Crippen LogP contribution < -0.4 is 14.8 Å². The Kier molecular flexibility index (Phi) is 7.69. The van der Waals surface area contributed by atoms with E-state index in [2.05, 4.69) is 15.3 Å². The molecule has 1 atom stereocenters. The van der Waals surface area contributed by atoms with Crippen LogP contribution in [0.1, 0.15) is 28.3 Å². The molecule has 1 unspecified atom stereocenters. The Hall–Kier alpha value is -3.40. The minimum Gasteiger partial charge on any atom is -0.492 e. The number of amides is 1. The average molecular weight is 573 g/mol. The van der Waals surface area contributed by atoms with Gasteiger partial charge in [-0.25, -0.2) is 4.98 Å². The molecular formula is C27H20Cl3N3O5. The molecule has 0 fully saturated rings. The van der Waals surface area contributed by atoms with Gasteiger partial charge in [-0.15, -0.1) is 0 Å². The number of anilines is 1. The molecule has 0 radical (unpaired) electrons. The van der Waals surface area contributed by atoms with E-state index < -0.39 is 12.2 Å². The standard InChI is InChI=1S/C27H20Cl3N3O5/c28-16-5-1-14(2-6-16)21-12-31-13-22(32-21)33-26(34)15-3-7-17(8-4-15)38-25-20(29)11-19-18(27(35)36)9-10-37-24(19)23(25)30/h1-8,11-13,18,27,35-36H,9-10H2,(H,32,33,34). The summed E-state index contributed by atoms with van der Waals surface area (Å²) in [5, 5.41) is 23.0. The first kappa shape index (κ1) is 26.2. The van der Waals surface area contributed by atoms with Crippen LogP contribution in [0, 0.1) is 0 Å². The van der Waals surface area contributed by atoms with Gasteiger partial charge in [0, 0.05) is 27.6 Å². The van der Waals surface area contributed by atoms with Crippen LogP contribution in [0.2, 0.25) is 15.1 Å². The van der Waals surface area contributed by atoms with E-state index in [0.717, 1.165) is 5.56 Å². The van der Waals surface area contributed by atoms with Crippen molar-refractivity contribution in [2.24, 2.45) is 0 Å². The second-order valence-corrected chi connectivity index (χ2v) is 9.68. The van der Waals surface area contributed by atoms with Gasteiger partial charge in [-0.05, 0) is 48.9 Å². The molecule has 1 aliphatic heterocycles. The second kappa shape index (κ2) is 11.1. The lowest BCUT2D eigenvalue weighted by molar-refractivity contribution is -0.0675. The van der Waals surface area contributed by atoms with Gasteiger partial charge in [-0.1, -0.05) is 46.9 Å². The van der Waals surface area contributed by atoms with E-state index in [1.165, 1.54) is 6.20 Å². The van der Waals surface area contributed by atoms with Gasteiger partial charge in [0.2, 0.25) is 0 Å². The molecule has 3 aromatic carbocycles. The van der Waals surface area contributed by atoms with Crippen LogP contribution in [-0.4, -0.2) is 39.0 Å². The molecule has 38 heavy (non-hydrogen) atoms. The number of nitrogens with zero attached hydrogens (tertiary/aromatic N) is 2. The normalized spacial score (nSPS) is 14.5. The summed E-state index contributed by atoms with van der Waals surface area (Å²) in [5.41, 5.74) is 2.27. The highest BCUT2D eigenvalue weighted by molar-refractivity contribution is 6.38.